The van der Waals surface area contributed by atoms with Crippen molar-refractivity contribution in [1.82, 2.24) is 24.1 Å². The molecule has 0 aliphatic carbocycles. The Balaban J connectivity index is 1.71. The maximum Gasteiger partial charge on any atom is 0.259 e. The molecule has 0 aromatic carbocycles. The van der Waals surface area contributed by atoms with E-state index in [-0.39, 0.29) is 11.6 Å². The van der Waals surface area contributed by atoms with E-state index in [9.17, 15) is 8.42 Å². The van der Waals surface area contributed by atoms with Crippen LogP contribution in [0, 0.1) is 20.8 Å². The second-order valence-corrected chi connectivity index (χ2v) is 8.54. The Kier molecular flexibility index (Phi) is 4.81. The minimum absolute atomic E-state index is 0.0418. The maximum atomic E-state index is 12.3. The zero-order valence-electron chi connectivity index (χ0n) is 14.6. The quantitative estimate of drug-likeness (QED) is 0.712. The lowest BCUT2D eigenvalue weighted by Crippen LogP contribution is -2.28. The van der Waals surface area contributed by atoms with E-state index in [4.69, 9.17) is 0 Å². The number of hydrogen-bond acceptors (Lipinski definition) is 5. The van der Waals surface area contributed by atoms with Crippen LogP contribution in [0.25, 0.3) is 10.4 Å². The van der Waals surface area contributed by atoms with Crippen molar-refractivity contribution in [3.63, 3.8) is 0 Å². The molecule has 3 aromatic rings. The molecule has 3 heterocycles. The Bertz CT molecular complexity index is 965. The average Bonchev–Trinajstić information content (AvgIpc) is 3.22. The van der Waals surface area contributed by atoms with Gasteiger partial charge in [-0.25, -0.2) is 18.1 Å². The molecule has 0 saturated heterocycles. The van der Waals surface area contributed by atoms with Crippen molar-refractivity contribution in [3.05, 3.63) is 40.9 Å². The van der Waals surface area contributed by atoms with Crippen LogP contribution in [0.15, 0.2) is 28.7 Å². The second-order valence-electron chi connectivity index (χ2n) is 5.88. The summed E-state index contributed by atoms with van der Waals surface area (Å²) in [5, 5.41) is 6.62. The van der Waals surface area contributed by atoms with Crippen LogP contribution in [0.2, 0.25) is 0 Å². The molecule has 0 spiro atoms. The van der Waals surface area contributed by atoms with Gasteiger partial charge in [0, 0.05) is 35.9 Å². The van der Waals surface area contributed by atoms with Crippen LogP contribution in [-0.2, 0) is 23.6 Å². The third kappa shape index (κ3) is 3.53. The number of imidazole rings is 1. The van der Waals surface area contributed by atoms with Gasteiger partial charge in [-0.15, -0.1) is 11.3 Å². The van der Waals surface area contributed by atoms with E-state index in [1.807, 2.05) is 30.0 Å². The van der Waals surface area contributed by atoms with Crippen molar-refractivity contribution in [3.8, 4) is 10.4 Å². The summed E-state index contributed by atoms with van der Waals surface area (Å²) in [7, 11) is -1.85. The van der Waals surface area contributed by atoms with Crippen molar-refractivity contribution < 1.29 is 8.42 Å². The number of aromatic nitrogens is 4. The van der Waals surface area contributed by atoms with Crippen molar-refractivity contribution in [2.45, 2.75) is 32.3 Å². The average molecular weight is 380 g/mol. The first kappa shape index (κ1) is 17.8. The molecule has 0 aliphatic rings. The van der Waals surface area contributed by atoms with Gasteiger partial charge in [0.05, 0.1) is 12.2 Å². The molecule has 0 saturated carbocycles. The van der Waals surface area contributed by atoms with Gasteiger partial charge in [-0.3, -0.25) is 4.68 Å². The van der Waals surface area contributed by atoms with Gasteiger partial charge in [-0.05, 0) is 32.2 Å². The summed E-state index contributed by atoms with van der Waals surface area (Å²) >= 11 is 1.67. The SMILES string of the molecule is Cc1nn(CCNS(=O)(=O)c2cn(C)c(C)n2)c(C)c1-c1cccs1. The van der Waals surface area contributed by atoms with Crippen LogP contribution >= 0.6 is 11.3 Å². The standard InChI is InChI=1S/C16H21N5O2S2/c1-11-16(14-6-5-9-24-14)12(2)21(19-11)8-7-17-25(22,23)15-10-20(4)13(3)18-15/h5-6,9-10,17H,7-8H2,1-4H3. The van der Waals surface area contributed by atoms with Gasteiger partial charge >= 0.3 is 0 Å². The van der Waals surface area contributed by atoms with E-state index in [1.165, 1.54) is 11.1 Å². The minimum atomic E-state index is -3.61. The van der Waals surface area contributed by atoms with Crippen LogP contribution in [0.5, 0.6) is 0 Å². The zero-order valence-corrected chi connectivity index (χ0v) is 16.3. The van der Waals surface area contributed by atoms with Crippen molar-refractivity contribution in [1.29, 1.82) is 0 Å². The lowest BCUT2D eigenvalue weighted by atomic mass is 10.1. The largest absolute Gasteiger partial charge is 0.337 e. The molecule has 0 radical (unpaired) electrons. The predicted molar refractivity (Wildman–Crippen MR) is 98.1 cm³/mol. The highest BCUT2D eigenvalue weighted by molar-refractivity contribution is 7.89. The number of aryl methyl sites for hydroxylation is 3. The van der Waals surface area contributed by atoms with Crippen molar-refractivity contribution >= 4 is 21.4 Å². The fraction of sp³-hybridized carbons (Fsp3) is 0.375. The highest BCUT2D eigenvalue weighted by Gasteiger charge is 2.19. The van der Waals surface area contributed by atoms with Gasteiger partial charge in [0.15, 0.2) is 5.03 Å². The first-order valence-electron chi connectivity index (χ1n) is 7.87. The molecule has 7 nitrogen and oxygen atoms in total. The monoisotopic (exact) mass is 379 g/mol. The Hall–Kier alpha value is -1.97. The van der Waals surface area contributed by atoms with E-state index in [0.29, 0.717) is 12.4 Å². The number of hydrogen-bond donors (Lipinski definition) is 1. The Labute approximate surface area is 151 Å². The van der Waals surface area contributed by atoms with Crippen LogP contribution in [0.3, 0.4) is 0 Å². The summed E-state index contributed by atoms with van der Waals surface area (Å²) in [4.78, 5) is 5.24. The number of sulfonamides is 1. The van der Waals surface area contributed by atoms with E-state index >= 15 is 0 Å². The summed E-state index contributed by atoms with van der Waals surface area (Å²) in [6, 6.07) is 4.08. The predicted octanol–water partition coefficient (Wildman–Crippen LogP) is 2.25. The van der Waals surface area contributed by atoms with E-state index in [2.05, 4.69) is 20.9 Å². The van der Waals surface area contributed by atoms with Crippen LogP contribution < -0.4 is 4.72 Å². The van der Waals surface area contributed by atoms with Gasteiger partial charge in [-0.2, -0.15) is 5.10 Å². The second kappa shape index (κ2) is 6.74. The Morgan fingerprint density at radius 1 is 1.28 bits per heavy atom. The van der Waals surface area contributed by atoms with Gasteiger partial charge in [-0.1, -0.05) is 6.07 Å². The molecule has 0 bridgehead atoms. The number of nitrogens with zero attached hydrogens (tertiary/aromatic N) is 4. The molecule has 0 atom stereocenters. The number of thiophene rings is 1. The smallest absolute Gasteiger partial charge is 0.259 e. The number of nitrogens with one attached hydrogen (secondary N) is 1. The summed E-state index contributed by atoms with van der Waals surface area (Å²) in [5.41, 5.74) is 3.11. The molecule has 3 aromatic heterocycles. The fourth-order valence-electron chi connectivity index (χ4n) is 2.71. The fourth-order valence-corrected chi connectivity index (χ4v) is 4.64. The number of rotatable bonds is 6. The minimum Gasteiger partial charge on any atom is -0.337 e. The van der Waals surface area contributed by atoms with Crippen LogP contribution in [0.1, 0.15) is 17.2 Å². The first-order chi connectivity index (χ1) is 11.8. The molecular formula is C16H21N5O2S2. The Morgan fingerprint density at radius 3 is 2.64 bits per heavy atom. The van der Waals surface area contributed by atoms with Crippen LogP contribution in [0.4, 0.5) is 0 Å². The molecule has 1 N–H and O–H groups in total. The van der Waals surface area contributed by atoms with E-state index < -0.39 is 10.0 Å². The zero-order chi connectivity index (χ0) is 18.2. The molecule has 0 fully saturated rings. The first-order valence-corrected chi connectivity index (χ1v) is 10.2. The van der Waals surface area contributed by atoms with Crippen LogP contribution in [-0.4, -0.2) is 34.3 Å². The Morgan fingerprint density at radius 2 is 2.04 bits per heavy atom. The molecule has 9 heteroatoms. The highest BCUT2D eigenvalue weighted by Crippen LogP contribution is 2.30. The maximum absolute atomic E-state index is 12.3. The van der Waals surface area contributed by atoms with Gasteiger partial charge < -0.3 is 4.57 Å². The third-order valence-corrected chi connectivity index (χ3v) is 6.35. The molecule has 0 aliphatic heterocycles. The topological polar surface area (TPSA) is 81.8 Å². The third-order valence-electron chi connectivity index (χ3n) is 4.13. The van der Waals surface area contributed by atoms with Crippen molar-refractivity contribution in [2.24, 2.45) is 7.05 Å². The summed E-state index contributed by atoms with van der Waals surface area (Å²) in [6.07, 6.45) is 1.51. The summed E-state index contributed by atoms with van der Waals surface area (Å²) < 4.78 is 30.8. The summed E-state index contributed by atoms with van der Waals surface area (Å²) in [5.74, 6) is 0.652. The molecule has 134 valence electrons. The van der Waals surface area contributed by atoms with Gasteiger partial charge in [0.1, 0.15) is 5.82 Å². The molecule has 25 heavy (non-hydrogen) atoms. The van der Waals surface area contributed by atoms with E-state index in [1.54, 1.807) is 29.9 Å². The highest BCUT2D eigenvalue weighted by atomic mass is 32.2. The molecule has 0 amide bonds. The molecule has 0 unspecified atom stereocenters. The molecule has 3 rings (SSSR count). The van der Waals surface area contributed by atoms with Gasteiger partial charge in [0.2, 0.25) is 0 Å². The summed E-state index contributed by atoms with van der Waals surface area (Å²) in [6.45, 7) is 6.46. The normalized spacial score (nSPS) is 12.0. The van der Waals surface area contributed by atoms with Crippen molar-refractivity contribution in [2.75, 3.05) is 6.54 Å². The lowest BCUT2D eigenvalue weighted by molar-refractivity contribution is 0.552. The van der Waals surface area contributed by atoms with Gasteiger partial charge in [0.25, 0.3) is 10.0 Å². The molecular weight excluding hydrogens is 358 g/mol. The lowest BCUT2D eigenvalue weighted by Gasteiger charge is -2.07. The van der Waals surface area contributed by atoms with E-state index in [0.717, 1.165) is 17.0 Å².